The Bertz CT molecular complexity index is 625. The first-order valence-electron chi connectivity index (χ1n) is 6.79. The Labute approximate surface area is 118 Å². The monoisotopic (exact) mass is 267 g/mol. The van der Waals surface area contributed by atoms with Crippen LogP contribution in [0.1, 0.15) is 22.3 Å². The molecule has 0 saturated carbocycles. The zero-order valence-electron chi connectivity index (χ0n) is 11.5. The van der Waals surface area contributed by atoms with E-state index >= 15 is 0 Å². The number of benzene rings is 1. The van der Waals surface area contributed by atoms with Gasteiger partial charge >= 0.3 is 0 Å². The standard InChI is InChI=1S/C16H17N3O/c1-19-10-2-3-12-4-5-14(11-15(12)19)18-16(20)13-6-8-17-9-7-13/h4-9,11H,2-3,10H2,1H3,(H,18,20). The minimum absolute atomic E-state index is 0.106. The number of anilines is 2. The minimum atomic E-state index is -0.106. The number of hydrogen-bond acceptors (Lipinski definition) is 3. The summed E-state index contributed by atoms with van der Waals surface area (Å²) in [5, 5.41) is 2.94. The number of nitrogens with one attached hydrogen (secondary N) is 1. The van der Waals surface area contributed by atoms with Crippen LogP contribution >= 0.6 is 0 Å². The van der Waals surface area contributed by atoms with Crippen molar-refractivity contribution in [2.75, 3.05) is 23.8 Å². The van der Waals surface area contributed by atoms with Crippen LogP contribution in [-0.2, 0) is 6.42 Å². The molecule has 20 heavy (non-hydrogen) atoms. The molecule has 0 atom stereocenters. The molecule has 0 saturated heterocycles. The third-order valence-corrected chi connectivity index (χ3v) is 3.64. The predicted octanol–water partition coefficient (Wildman–Crippen LogP) is 2.72. The van der Waals surface area contributed by atoms with Gasteiger partial charge in [-0.05, 0) is 42.7 Å². The van der Waals surface area contributed by atoms with Gasteiger partial charge in [-0.3, -0.25) is 9.78 Å². The van der Waals surface area contributed by atoms with Crippen LogP contribution in [0.3, 0.4) is 0 Å². The lowest BCUT2D eigenvalue weighted by Gasteiger charge is -2.28. The van der Waals surface area contributed by atoms with Crippen LogP contribution in [0.4, 0.5) is 11.4 Å². The highest BCUT2D eigenvalue weighted by atomic mass is 16.1. The molecule has 1 aliphatic heterocycles. The van der Waals surface area contributed by atoms with Gasteiger partial charge in [0, 0.05) is 42.9 Å². The van der Waals surface area contributed by atoms with Crippen molar-refractivity contribution in [1.29, 1.82) is 0 Å². The van der Waals surface area contributed by atoms with Gasteiger partial charge in [0.05, 0.1) is 0 Å². The summed E-state index contributed by atoms with van der Waals surface area (Å²) in [7, 11) is 2.09. The second-order valence-electron chi connectivity index (χ2n) is 5.06. The lowest BCUT2D eigenvalue weighted by molar-refractivity contribution is 0.102. The third kappa shape index (κ3) is 2.50. The molecule has 2 heterocycles. The van der Waals surface area contributed by atoms with Crippen LogP contribution < -0.4 is 10.2 Å². The molecule has 4 heteroatoms. The normalized spacial score (nSPS) is 13.8. The smallest absolute Gasteiger partial charge is 0.255 e. The number of nitrogens with zero attached hydrogens (tertiary/aromatic N) is 2. The molecule has 102 valence electrons. The lowest BCUT2D eigenvalue weighted by atomic mass is 10.0. The zero-order valence-corrected chi connectivity index (χ0v) is 11.5. The van der Waals surface area contributed by atoms with Gasteiger partial charge in [0.25, 0.3) is 5.91 Å². The number of aromatic nitrogens is 1. The number of carbonyl (C=O) groups excluding carboxylic acids is 1. The Morgan fingerprint density at radius 2 is 2.05 bits per heavy atom. The van der Waals surface area contributed by atoms with E-state index < -0.39 is 0 Å². The maximum Gasteiger partial charge on any atom is 0.255 e. The highest BCUT2D eigenvalue weighted by molar-refractivity contribution is 6.04. The Morgan fingerprint density at radius 3 is 2.85 bits per heavy atom. The van der Waals surface area contributed by atoms with Crippen LogP contribution in [-0.4, -0.2) is 24.5 Å². The quantitative estimate of drug-likeness (QED) is 0.910. The molecule has 1 amide bonds. The van der Waals surface area contributed by atoms with E-state index in [4.69, 9.17) is 0 Å². The third-order valence-electron chi connectivity index (χ3n) is 3.64. The molecule has 0 radical (unpaired) electrons. The van der Waals surface area contributed by atoms with Gasteiger partial charge in [-0.2, -0.15) is 0 Å². The number of hydrogen-bond donors (Lipinski definition) is 1. The van der Waals surface area contributed by atoms with Crippen molar-refractivity contribution in [2.45, 2.75) is 12.8 Å². The van der Waals surface area contributed by atoms with E-state index in [-0.39, 0.29) is 5.91 Å². The molecule has 1 aliphatic rings. The molecule has 3 rings (SSSR count). The molecule has 0 unspecified atom stereocenters. The van der Waals surface area contributed by atoms with Gasteiger partial charge in [-0.1, -0.05) is 6.07 Å². The first-order chi connectivity index (χ1) is 9.74. The Hall–Kier alpha value is -2.36. The van der Waals surface area contributed by atoms with Gasteiger partial charge in [0.2, 0.25) is 0 Å². The Morgan fingerprint density at radius 1 is 1.25 bits per heavy atom. The summed E-state index contributed by atoms with van der Waals surface area (Å²) in [5.41, 5.74) is 4.01. The number of amides is 1. The first-order valence-corrected chi connectivity index (χ1v) is 6.79. The van der Waals surface area contributed by atoms with Crippen LogP contribution in [0.25, 0.3) is 0 Å². The average Bonchev–Trinajstić information content (AvgIpc) is 2.49. The van der Waals surface area contributed by atoms with Gasteiger partial charge in [0.1, 0.15) is 0 Å². The summed E-state index contributed by atoms with van der Waals surface area (Å²) in [4.78, 5) is 18.3. The van der Waals surface area contributed by atoms with Gasteiger partial charge in [-0.15, -0.1) is 0 Å². The Balaban J connectivity index is 1.82. The van der Waals surface area contributed by atoms with E-state index in [0.29, 0.717) is 5.56 Å². The molecular formula is C16H17N3O. The first kappa shape index (κ1) is 12.7. The summed E-state index contributed by atoms with van der Waals surface area (Å²) in [6.07, 6.45) is 5.54. The Kier molecular flexibility index (Phi) is 3.37. The molecule has 0 spiro atoms. The maximum atomic E-state index is 12.1. The molecule has 0 aliphatic carbocycles. The fourth-order valence-corrected chi connectivity index (χ4v) is 2.54. The predicted molar refractivity (Wildman–Crippen MR) is 80.2 cm³/mol. The van der Waals surface area contributed by atoms with E-state index in [2.05, 4.69) is 28.3 Å². The van der Waals surface area contributed by atoms with Crippen molar-refractivity contribution in [3.63, 3.8) is 0 Å². The van der Waals surface area contributed by atoms with E-state index in [1.54, 1.807) is 24.5 Å². The number of aryl methyl sites for hydroxylation is 1. The zero-order chi connectivity index (χ0) is 13.9. The van der Waals surface area contributed by atoms with E-state index in [1.807, 2.05) is 12.1 Å². The maximum absolute atomic E-state index is 12.1. The van der Waals surface area contributed by atoms with Crippen LogP contribution in [0.15, 0.2) is 42.7 Å². The SMILES string of the molecule is CN1CCCc2ccc(NC(=O)c3ccncc3)cc21. The van der Waals surface area contributed by atoms with E-state index in [1.165, 1.54) is 17.7 Å². The fourth-order valence-electron chi connectivity index (χ4n) is 2.54. The van der Waals surface area contributed by atoms with Crippen molar-refractivity contribution in [3.8, 4) is 0 Å². The number of fused-ring (bicyclic) bond motifs is 1. The molecule has 2 aromatic rings. The number of pyridine rings is 1. The summed E-state index contributed by atoms with van der Waals surface area (Å²) >= 11 is 0. The van der Waals surface area contributed by atoms with Crippen molar-refractivity contribution >= 4 is 17.3 Å². The second kappa shape index (κ2) is 5.33. The lowest BCUT2D eigenvalue weighted by Crippen LogP contribution is -2.24. The highest BCUT2D eigenvalue weighted by Gasteiger charge is 2.14. The molecular weight excluding hydrogens is 250 g/mol. The van der Waals surface area contributed by atoms with Crippen LogP contribution in [0.5, 0.6) is 0 Å². The molecule has 0 bridgehead atoms. The summed E-state index contributed by atoms with van der Waals surface area (Å²) < 4.78 is 0. The van der Waals surface area contributed by atoms with Gasteiger partial charge in [0.15, 0.2) is 0 Å². The van der Waals surface area contributed by atoms with Crippen LogP contribution in [0.2, 0.25) is 0 Å². The molecule has 1 aromatic carbocycles. The molecule has 0 fully saturated rings. The van der Waals surface area contributed by atoms with Crippen LogP contribution in [0, 0.1) is 0 Å². The van der Waals surface area contributed by atoms with Gasteiger partial charge in [-0.25, -0.2) is 0 Å². The minimum Gasteiger partial charge on any atom is -0.374 e. The van der Waals surface area contributed by atoms with Crippen molar-refractivity contribution in [3.05, 3.63) is 53.9 Å². The average molecular weight is 267 g/mol. The summed E-state index contributed by atoms with van der Waals surface area (Å²) in [5.74, 6) is -0.106. The van der Waals surface area contributed by atoms with E-state index in [0.717, 1.165) is 18.7 Å². The largest absolute Gasteiger partial charge is 0.374 e. The van der Waals surface area contributed by atoms with Crippen molar-refractivity contribution in [2.24, 2.45) is 0 Å². The number of carbonyl (C=O) groups is 1. The molecule has 1 N–H and O–H groups in total. The fraction of sp³-hybridized carbons (Fsp3) is 0.250. The highest BCUT2D eigenvalue weighted by Crippen LogP contribution is 2.29. The van der Waals surface area contributed by atoms with E-state index in [9.17, 15) is 4.79 Å². The second-order valence-corrected chi connectivity index (χ2v) is 5.06. The van der Waals surface area contributed by atoms with Crippen molar-refractivity contribution in [1.82, 2.24) is 4.98 Å². The molecule has 4 nitrogen and oxygen atoms in total. The van der Waals surface area contributed by atoms with Gasteiger partial charge < -0.3 is 10.2 Å². The molecule has 1 aromatic heterocycles. The topological polar surface area (TPSA) is 45.2 Å². The number of rotatable bonds is 2. The summed E-state index contributed by atoms with van der Waals surface area (Å²) in [6.45, 7) is 1.06. The summed E-state index contributed by atoms with van der Waals surface area (Å²) in [6, 6.07) is 9.54. The van der Waals surface area contributed by atoms with Crippen molar-refractivity contribution < 1.29 is 4.79 Å².